The molecule has 0 spiro atoms. The molecule has 158 valence electrons. The van der Waals surface area contributed by atoms with E-state index in [0.29, 0.717) is 12.3 Å². The van der Waals surface area contributed by atoms with Crippen LogP contribution in [-0.2, 0) is 21.2 Å². The Bertz CT molecular complexity index is 731. The third-order valence-electron chi connectivity index (χ3n) is 5.38. The van der Waals surface area contributed by atoms with Crippen LogP contribution in [0.25, 0.3) is 0 Å². The third kappa shape index (κ3) is 7.09. The maximum absolute atomic E-state index is 12.3. The highest BCUT2D eigenvalue weighted by molar-refractivity contribution is 7.90. The molecule has 6 nitrogen and oxygen atoms in total. The Balaban J connectivity index is 1.71. The Morgan fingerprint density at radius 2 is 1.71 bits per heavy atom. The van der Waals surface area contributed by atoms with Crippen LogP contribution in [0.15, 0.2) is 24.3 Å². The summed E-state index contributed by atoms with van der Waals surface area (Å²) < 4.78 is 26.7. The SMILES string of the molecule is CC(C)(C)S(=O)(=O)N[C@H]1CC[C@H](CNc2ccc(CCCC(=O)O)cc2)CC1. The zero-order valence-corrected chi connectivity index (χ0v) is 18.0. The van der Waals surface area contributed by atoms with Gasteiger partial charge in [0.2, 0.25) is 10.0 Å². The molecule has 1 aromatic carbocycles. The number of anilines is 1. The van der Waals surface area contributed by atoms with E-state index in [1.165, 1.54) is 0 Å². The summed E-state index contributed by atoms with van der Waals surface area (Å²) in [6.07, 6.45) is 5.42. The van der Waals surface area contributed by atoms with Crippen molar-refractivity contribution >= 4 is 21.7 Å². The van der Waals surface area contributed by atoms with Crippen LogP contribution in [0.5, 0.6) is 0 Å². The van der Waals surface area contributed by atoms with E-state index in [1.54, 1.807) is 20.8 Å². The van der Waals surface area contributed by atoms with Gasteiger partial charge in [0.1, 0.15) is 0 Å². The lowest BCUT2D eigenvalue weighted by molar-refractivity contribution is -0.137. The summed E-state index contributed by atoms with van der Waals surface area (Å²) in [7, 11) is -3.28. The second-order valence-electron chi connectivity index (χ2n) is 8.78. The van der Waals surface area contributed by atoms with E-state index < -0.39 is 20.7 Å². The topological polar surface area (TPSA) is 95.5 Å². The molecule has 0 aromatic heterocycles. The highest BCUT2D eigenvalue weighted by Gasteiger charge is 2.32. The minimum atomic E-state index is -3.28. The number of aliphatic carboxylic acids is 1. The standard InChI is InChI=1S/C21H34N2O4S/c1-21(2,3)28(26,27)23-19-13-9-17(10-14-19)15-22-18-11-7-16(8-12-18)5-4-6-20(24)25/h7-8,11-12,17,19,22-23H,4-6,9-10,13-15H2,1-3H3,(H,24,25)/t17-,19-. The molecule has 0 bridgehead atoms. The van der Waals surface area contributed by atoms with Crippen molar-refractivity contribution < 1.29 is 18.3 Å². The summed E-state index contributed by atoms with van der Waals surface area (Å²) in [5.41, 5.74) is 2.22. The van der Waals surface area contributed by atoms with Crippen molar-refractivity contribution in [3.05, 3.63) is 29.8 Å². The van der Waals surface area contributed by atoms with Gasteiger partial charge in [-0.15, -0.1) is 0 Å². The maximum Gasteiger partial charge on any atom is 0.303 e. The van der Waals surface area contributed by atoms with E-state index in [-0.39, 0.29) is 12.5 Å². The van der Waals surface area contributed by atoms with Crippen molar-refractivity contribution in [3.8, 4) is 0 Å². The van der Waals surface area contributed by atoms with Gasteiger partial charge in [-0.1, -0.05) is 12.1 Å². The zero-order chi connectivity index (χ0) is 20.8. The molecule has 1 aliphatic carbocycles. The average Bonchev–Trinajstić information content (AvgIpc) is 2.61. The molecule has 0 aliphatic heterocycles. The molecule has 0 saturated heterocycles. The van der Waals surface area contributed by atoms with Gasteiger partial charge in [-0.2, -0.15) is 0 Å². The Morgan fingerprint density at radius 1 is 1.11 bits per heavy atom. The minimum absolute atomic E-state index is 0.0468. The molecule has 0 amide bonds. The van der Waals surface area contributed by atoms with Crippen LogP contribution in [0.3, 0.4) is 0 Å². The molecule has 1 fully saturated rings. The fourth-order valence-electron chi connectivity index (χ4n) is 3.38. The van der Waals surface area contributed by atoms with E-state index in [9.17, 15) is 13.2 Å². The van der Waals surface area contributed by atoms with E-state index in [4.69, 9.17) is 5.11 Å². The van der Waals surface area contributed by atoms with Crippen LogP contribution in [-0.4, -0.2) is 36.8 Å². The maximum atomic E-state index is 12.3. The molecule has 1 aromatic rings. The number of hydrogen-bond donors (Lipinski definition) is 3. The summed E-state index contributed by atoms with van der Waals surface area (Å²) in [4.78, 5) is 10.6. The molecule has 0 heterocycles. The number of sulfonamides is 1. The van der Waals surface area contributed by atoms with Gasteiger partial charge in [-0.3, -0.25) is 4.79 Å². The van der Waals surface area contributed by atoms with E-state index in [2.05, 4.69) is 10.0 Å². The minimum Gasteiger partial charge on any atom is -0.481 e. The predicted octanol–water partition coefficient (Wildman–Crippen LogP) is 3.78. The Kier molecular flexibility index (Phi) is 7.89. The van der Waals surface area contributed by atoms with Crippen LogP contribution < -0.4 is 10.0 Å². The lowest BCUT2D eigenvalue weighted by Gasteiger charge is -2.31. The van der Waals surface area contributed by atoms with Crippen LogP contribution in [0, 0.1) is 5.92 Å². The number of carbonyl (C=O) groups is 1. The van der Waals surface area contributed by atoms with E-state index >= 15 is 0 Å². The zero-order valence-electron chi connectivity index (χ0n) is 17.2. The molecular weight excluding hydrogens is 376 g/mol. The molecular formula is C21H34N2O4S. The first-order valence-corrected chi connectivity index (χ1v) is 11.6. The summed E-state index contributed by atoms with van der Waals surface area (Å²) in [6.45, 7) is 6.06. The van der Waals surface area contributed by atoms with Crippen molar-refractivity contribution in [2.24, 2.45) is 5.92 Å². The smallest absolute Gasteiger partial charge is 0.303 e. The lowest BCUT2D eigenvalue weighted by atomic mass is 9.86. The molecule has 28 heavy (non-hydrogen) atoms. The highest BCUT2D eigenvalue weighted by atomic mass is 32.2. The van der Waals surface area contributed by atoms with Gasteiger partial charge >= 0.3 is 5.97 Å². The van der Waals surface area contributed by atoms with E-state index in [0.717, 1.165) is 49.9 Å². The second-order valence-corrected chi connectivity index (χ2v) is 11.2. The van der Waals surface area contributed by atoms with Gasteiger partial charge in [0.05, 0.1) is 4.75 Å². The van der Waals surface area contributed by atoms with Crippen LogP contribution >= 0.6 is 0 Å². The predicted molar refractivity (Wildman–Crippen MR) is 113 cm³/mol. The van der Waals surface area contributed by atoms with Gasteiger partial charge in [0, 0.05) is 24.7 Å². The molecule has 1 aliphatic rings. The van der Waals surface area contributed by atoms with Gasteiger partial charge in [0.15, 0.2) is 0 Å². The summed E-state index contributed by atoms with van der Waals surface area (Å²) in [5, 5.41) is 12.2. The number of hydrogen-bond acceptors (Lipinski definition) is 4. The molecule has 0 radical (unpaired) electrons. The number of aryl methyl sites for hydroxylation is 1. The first kappa shape index (κ1) is 22.7. The van der Waals surface area contributed by atoms with Gasteiger partial charge in [-0.05, 0) is 82.9 Å². The van der Waals surface area contributed by atoms with Gasteiger partial charge < -0.3 is 10.4 Å². The second kappa shape index (κ2) is 9.74. The van der Waals surface area contributed by atoms with Crippen molar-refractivity contribution in [1.29, 1.82) is 0 Å². The summed E-state index contributed by atoms with van der Waals surface area (Å²) in [5.74, 6) is -0.204. The number of rotatable bonds is 9. The number of carboxylic acids is 1. The summed E-state index contributed by atoms with van der Waals surface area (Å²) in [6, 6.07) is 8.22. The van der Waals surface area contributed by atoms with Crippen molar-refractivity contribution in [3.63, 3.8) is 0 Å². The molecule has 1 saturated carbocycles. The Labute approximate surface area is 169 Å². The van der Waals surface area contributed by atoms with Gasteiger partial charge in [-0.25, -0.2) is 13.1 Å². The molecule has 2 rings (SSSR count). The van der Waals surface area contributed by atoms with E-state index in [1.807, 2.05) is 24.3 Å². The monoisotopic (exact) mass is 410 g/mol. The van der Waals surface area contributed by atoms with Crippen LogP contribution in [0.2, 0.25) is 0 Å². The van der Waals surface area contributed by atoms with Crippen LogP contribution in [0.1, 0.15) is 64.9 Å². The van der Waals surface area contributed by atoms with Gasteiger partial charge in [0.25, 0.3) is 0 Å². The first-order chi connectivity index (χ1) is 13.1. The largest absolute Gasteiger partial charge is 0.481 e. The van der Waals surface area contributed by atoms with Crippen molar-refractivity contribution in [2.75, 3.05) is 11.9 Å². The number of carboxylic acid groups (broad SMARTS) is 1. The van der Waals surface area contributed by atoms with Crippen LogP contribution in [0.4, 0.5) is 5.69 Å². The fraction of sp³-hybridized carbons (Fsp3) is 0.667. The molecule has 7 heteroatoms. The first-order valence-electron chi connectivity index (χ1n) is 10.1. The average molecular weight is 411 g/mol. The molecule has 3 N–H and O–H groups in total. The third-order valence-corrected chi connectivity index (χ3v) is 7.64. The number of benzene rings is 1. The van der Waals surface area contributed by atoms with Crippen molar-refractivity contribution in [1.82, 2.24) is 4.72 Å². The normalized spacial score (nSPS) is 20.7. The molecule has 0 unspecified atom stereocenters. The quantitative estimate of drug-likeness (QED) is 0.576. The van der Waals surface area contributed by atoms with Crippen molar-refractivity contribution in [2.45, 2.75) is 76.5 Å². The summed E-state index contributed by atoms with van der Waals surface area (Å²) >= 11 is 0. The Morgan fingerprint density at radius 3 is 2.25 bits per heavy atom. The fourth-order valence-corrected chi connectivity index (χ4v) is 4.40. The molecule has 0 atom stereocenters. The Hall–Kier alpha value is -1.60. The highest BCUT2D eigenvalue weighted by Crippen LogP contribution is 2.26. The lowest BCUT2D eigenvalue weighted by Crippen LogP contribution is -2.46. The number of nitrogens with one attached hydrogen (secondary N) is 2.